The Morgan fingerprint density at radius 2 is 2.24 bits per heavy atom. The van der Waals surface area contributed by atoms with Gasteiger partial charge in [-0.1, -0.05) is 18.5 Å². The summed E-state index contributed by atoms with van der Waals surface area (Å²) >= 11 is 5.95. The van der Waals surface area contributed by atoms with Crippen LogP contribution in [0.5, 0.6) is 0 Å². The van der Waals surface area contributed by atoms with Crippen LogP contribution in [0.25, 0.3) is 0 Å². The summed E-state index contributed by atoms with van der Waals surface area (Å²) in [6.07, 6.45) is 4.58. The summed E-state index contributed by atoms with van der Waals surface area (Å²) in [5.41, 5.74) is 0.816. The van der Waals surface area contributed by atoms with Crippen LogP contribution in [0.1, 0.15) is 32.6 Å². The van der Waals surface area contributed by atoms with Gasteiger partial charge < -0.3 is 10.2 Å². The maximum atomic E-state index is 10.8. The molecule has 1 atom stereocenters. The van der Waals surface area contributed by atoms with Crippen LogP contribution in [0.3, 0.4) is 0 Å². The van der Waals surface area contributed by atoms with E-state index in [0.717, 1.165) is 38.2 Å². The lowest BCUT2D eigenvalue weighted by Gasteiger charge is -2.20. The number of nitrogens with zero attached hydrogens (tertiary/aromatic N) is 2. The summed E-state index contributed by atoms with van der Waals surface area (Å²) < 4.78 is 0. The molecule has 1 N–H and O–H groups in total. The van der Waals surface area contributed by atoms with E-state index in [2.05, 4.69) is 17.1 Å². The van der Waals surface area contributed by atoms with E-state index in [-0.39, 0.29) is 10.7 Å². The zero-order chi connectivity index (χ0) is 15.2. The molecular formula is C15H22ClN3O2. The standard InChI is InChI=1S/C15H22ClN3O2/c1-2-8-18-9-3-4-12(7-10-18)17-13-5-6-15(19(20)21)14(16)11-13/h5-6,11-12,17H,2-4,7-10H2,1H3. The lowest BCUT2D eigenvalue weighted by atomic mass is 10.1. The van der Waals surface area contributed by atoms with Gasteiger partial charge in [0.15, 0.2) is 0 Å². The summed E-state index contributed by atoms with van der Waals surface area (Å²) in [7, 11) is 0. The molecule has 1 aliphatic heterocycles. The maximum absolute atomic E-state index is 10.8. The largest absolute Gasteiger partial charge is 0.382 e. The van der Waals surface area contributed by atoms with Crippen LogP contribution in [-0.4, -0.2) is 35.5 Å². The Balaban J connectivity index is 1.95. The lowest BCUT2D eigenvalue weighted by Crippen LogP contribution is -2.27. The molecule has 1 aromatic carbocycles. The van der Waals surface area contributed by atoms with Crippen molar-refractivity contribution >= 4 is 23.0 Å². The fraction of sp³-hybridized carbons (Fsp3) is 0.600. The molecule has 1 aliphatic rings. The number of halogens is 1. The average Bonchev–Trinajstić information content (AvgIpc) is 2.65. The first kappa shape index (κ1) is 16.0. The van der Waals surface area contributed by atoms with Crippen LogP contribution < -0.4 is 5.32 Å². The Hall–Kier alpha value is -1.33. The molecule has 0 saturated carbocycles. The summed E-state index contributed by atoms with van der Waals surface area (Å²) in [6.45, 7) is 5.63. The molecule has 0 spiro atoms. The van der Waals surface area contributed by atoms with Crippen LogP contribution >= 0.6 is 11.6 Å². The third kappa shape index (κ3) is 4.58. The molecule has 0 aromatic heterocycles. The highest BCUT2D eigenvalue weighted by Crippen LogP contribution is 2.28. The van der Waals surface area contributed by atoms with Crippen molar-refractivity contribution in [1.29, 1.82) is 0 Å². The average molecular weight is 312 g/mol. The van der Waals surface area contributed by atoms with Crippen LogP contribution in [0.2, 0.25) is 5.02 Å². The first-order valence-electron chi connectivity index (χ1n) is 7.53. The van der Waals surface area contributed by atoms with Gasteiger partial charge in [-0.15, -0.1) is 0 Å². The number of hydrogen-bond donors (Lipinski definition) is 1. The second-order valence-corrected chi connectivity index (χ2v) is 5.94. The van der Waals surface area contributed by atoms with Crippen molar-refractivity contribution in [3.05, 3.63) is 33.3 Å². The molecule has 116 valence electrons. The third-order valence-corrected chi connectivity index (χ3v) is 4.18. The van der Waals surface area contributed by atoms with Gasteiger partial charge in [-0.3, -0.25) is 10.1 Å². The van der Waals surface area contributed by atoms with Crippen molar-refractivity contribution in [3.63, 3.8) is 0 Å². The van der Waals surface area contributed by atoms with Crippen molar-refractivity contribution in [2.24, 2.45) is 0 Å². The number of nitro groups is 1. The third-order valence-electron chi connectivity index (χ3n) is 3.88. The number of likely N-dealkylation sites (tertiary alicyclic amines) is 1. The number of nitrogens with one attached hydrogen (secondary N) is 1. The molecule has 0 amide bonds. The highest BCUT2D eigenvalue weighted by atomic mass is 35.5. The van der Waals surface area contributed by atoms with Crippen molar-refractivity contribution in [3.8, 4) is 0 Å². The summed E-state index contributed by atoms with van der Waals surface area (Å²) in [5, 5.41) is 14.4. The molecule has 0 bridgehead atoms. The fourth-order valence-electron chi connectivity index (χ4n) is 2.82. The van der Waals surface area contributed by atoms with Crippen LogP contribution in [0.15, 0.2) is 18.2 Å². The second kappa shape index (κ2) is 7.61. The highest BCUT2D eigenvalue weighted by Gasteiger charge is 2.18. The van der Waals surface area contributed by atoms with Crippen LogP contribution in [-0.2, 0) is 0 Å². The minimum atomic E-state index is -0.458. The van der Waals surface area contributed by atoms with Gasteiger partial charge >= 0.3 is 0 Å². The monoisotopic (exact) mass is 311 g/mol. The van der Waals surface area contributed by atoms with Crippen molar-refractivity contribution in [1.82, 2.24) is 4.90 Å². The quantitative estimate of drug-likeness (QED) is 0.661. The number of hydrogen-bond acceptors (Lipinski definition) is 4. The van der Waals surface area contributed by atoms with E-state index < -0.39 is 4.92 Å². The van der Waals surface area contributed by atoms with Gasteiger partial charge in [0.25, 0.3) is 5.69 Å². The smallest absolute Gasteiger partial charge is 0.288 e. The first-order chi connectivity index (χ1) is 10.1. The highest BCUT2D eigenvalue weighted by molar-refractivity contribution is 6.32. The van der Waals surface area contributed by atoms with E-state index >= 15 is 0 Å². The number of nitro benzene ring substituents is 1. The molecular weight excluding hydrogens is 290 g/mol. The molecule has 2 rings (SSSR count). The zero-order valence-corrected chi connectivity index (χ0v) is 13.1. The normalized spacial score (nSPS) is 20.0. The molecule has 5 nitrogen and oxygen atoms in total. The van der Waals surface area contributed by atoms with Gasteiger partial charge in [0, 0.05) is 24.3 Å². The lowest BCUT2D eigenvalue weighted by molar-refractivity contribution is -0.384. The predicted molar refractivity (Wildman–Crippen MR) is 86.1 cm³/mol. The van der Waals surface area contributed by atoms with E-state index in [4.69, 9.17) is 11.6 Å². The molecule has 0 aliphatic carbocycles. The van der Waals surface area contributed by atoms with E-state index in [9.17, 15) is 10.1 Å². The van der Waals surface area contributed by atoms with Gasteiger partial charge in [-0.25, -0.2) is 0 Å². The number of rotatable bonds is 5. The van der Waals surface area contributed by atoms with Crippen molar-refractivity contribution < 1.29 is 4.92 Å². The Morgan fingerprint density at radius 1 is 1.43 bits per heavy atom. The predicted octanol–water partition coefficient (Wildman–Crippen LogP) is 3.92. The van der Waals surface area contributed by atoms with Gasteiger partial charge in [0.2, 0.25) is 0 Å². The molecule has 1 unspecified atom stereocenters. The van der Waals surface area contributed by atoms with E-state index in [1.165, 1.54) is 18.9 Å². The topological polar surface area (TPSA) is 58.4 Å². The van der Waals surface area contributed by atoms with Crippen LogP contribution in [0, 0.1) is 10.1 Å². The molecule has 1 saturated heterocycles. The van der Waals surface area contributed by atoms with E-state index in [0.29, 0.717) is 6.04 Å². The molecule has 1 heterocycles. The minimum Gasteiger partial charge on any atom is -0.382 e. The van der Waals surface area contributed by atoms with Gasteiger partial charge in [-0.05, 0) is 50.9 Å². The minimum absolute atomic E-state index is 0.0443. The van der Waals surface area contributed by atoms with Gasteiger partial charge in [0.1, 0.15) is 5.02 Å². The Bertz CT molecular complexity index is 496. The zero-order valence-electron chi connectivity index (χ0n) is 12.3. The van der Waals surface area contributed by atoms with Crippen molar-refractivity contribution in [2.75, 3.05) is 25.0 Å². The molecule has 1 fully saturated rings. The maximum Gasteiger partial charge on any atom is 0.288 e. The molecule has 1 aromatic rings. The second-order valence-electron chi connectivity index (χ2n) is 5.54. The molecule has 0 radical (unpaired) electrons. The number of anilines is 1. The van der Waals surface area contributed by atoms with Gasteiger partial charge in [-0.2, -0.15) is 0 Å². The van der Waals surface area contributed by atoms with E-state index in [1.54, 1.807) is 12.1 Å². The Labute approximate surface area is 130 Å². The SMILES string of the molecule is CCCN1CCCC(Nc2ccc([N+](=O)[O-])c(Cl)c2)CC1. The summed E-state index contributed by atoms with van der Waals surface area (Å²) in [4.78, 5) is 12.8. The van der Waals surface area contributed by atoms with Crippen molar-refractivity contribution in [2.45, 2.75) is 38.6 Å². The van der Waals surface area contributed by atoms with Gasteiger partial charge in [0.05, 0.1) is 4.92 Å². The first-order valence-corrected chi connectivity index (χ1v) is 7.90. The van der Waals surface area contributed by atoms with Crippen LogP contribution in [0.4, 0.5) is 11.4 Å². The summed E-state index contributed by atoms with van der Waals surface area (Å²) in [6, 6.07) is 5.25. The Kier molecular flexibility index (Phi) is 5.82. The fourth-order valence-corrected chi connectivity index (χ4v) is 3.07. The number of benzene rings is 1. The molecule has 21 heavy (non-hydrogen) atoms. The molecule has 6 heteroatoms. The summed E-state index contributed by atoms with van der Waals surface area (Å²) in [5.74, 6) is 0. The van der Waals surface area contributed by atoms with E-state index in [1.807, 2.05) is 0 Å². The Morgan fingerprint density at radius 3 is 2.90 bits per heavy atom.